The Kier molecular flexibility index (Phi) is 8.65. The fourth-order valence-corrected chi connectivity index (χ4v) is 2.36. The second kappa shape index (κ2) is 10.2. The van der Waals surface area contributed by atoms with Crippen LogP contribution < -0.4 is 5.32 Å². The molecule has 0 saturated heterocycles. The first-order valence-electron chi connectivity index (χ1n) is 8.00. The van der Waals surface area contributed by atoms with Crippen molar-refractivity contribution >= 4 is 5.96 Å². The molecule has 1 heterocycles. The lowest BCUT2D eigenvalue weighted by molar-refractivity contribution is 0.0731. The summed E-state index contributed by atoms with van der Waals surface area (Å²) in [5.41, 5.74) is 2.36. The Morgan fingerprint density at radius 1 is 1.39 bits per heavy atom. The highest BCUT2D eigenvalue weighted by molar-refractivity contribution is 5.79. The van der Waals surface area contributed by atoms with Gasteiger partial charge in [0.2, 0.25) is 0 Å². The summed E-state index contributed by atoms with van der Waals surface area (Å²) in [6.07, 6.45) is 2.08. The van der Waals surface area contributed by atoms with Crippen LogP contribution in [0.15, 0.2) is 11.2 Å². The molecular formula is C16H31N5O2. The van der Waals surface area contributed by atoms with Crippen LogP contribution in [0.4, 0.5) is 0 Å². The number of hydrogen-bond donors (Lipinski definition) is 1. The molecule has 7 heteroatoms. The third-order valence-corrected chi connectivity index (χ3v) is 3.43. The van der Waals surface area contributed by atoms with E-state index >= 15 is 0 Å². The van der Waals surface area contributed by atoms with E-state index in [1.807, 2.05) is 18.8 Å². The van der Waals surface area contributed by atoms with Crippen LogP contribution in [0, 0.1) is 0 Å². The molecule has 23 heavy (non-hydrogen) atoms. The summed E-state index contributed by atoms with van der Waals surface area (Å²) in [5.74, 6) is 1.25. The lowest BCUT2D eigenvalue weighted by Gasteiger charge is -2.22. The Morgan fingerprint density at radius 3 is 2.74 bits per heavy atom. The monoisotopic (exact) mass is 325 g/mol. The zero-order valence-corrected chi connectivity index (χ0v) is 15.3. The second-order valence-corrected chi connectivity index (χ2v) is 5.80. The quantitative estimate of drug-likeness (QED) is 0.420. The summed E-state index contributed by atoms with van der Waals surface area (Å²) in [6, 6.07) is 0. The van der Waals surface area contributed by atoms with Crippen molar-refractivity contribution < 1.29 is 9.47 Å². The van der Waals surface area contributed by atoms with E-state index in [2.05, 4.69) is 40.4 Å². The zero-order valence-electron chi connectivity index (χ0n) is 15.3. The molecule has 7 nitrogen and oxygen atoms in total. The molecule has 1 N–H and O–H groups in total. The minimum Gasteiger partial charge on any atom is -0.382 e. The van der Waals surface area contributed by atoms with Gasteiger partial charge in [-0.25, -0.2) is 0 Å². The van der Waals surface area contributed by atoms with Crippen LogP contribution in [0.2, 0.25) is 0 Å². The second-order valence-electron chi connectivity index (χ2n) is 5.80. The molecule has 0 aliphatic heterocycles. The zero-order chi connectivity index (χ0) is 17.2. The van der Waals surface area contributed by atoms with Crippen molar-refractivity contribution in [1.29, 1.82) is 0 Å². The standard InChI is InChI=1S/C16H31N5O2/c1-13(2)15-14(12-21(5)19-15)11-20(4)16(17-3)18-7-8-23-10-9-22-6/h12-13H,7-11H2,1-6H3,(H,17,18). The van der Waals surface area contributed by atoms with Crippen molar-refractivity contribution in [3.8, 4) is 0 Å². The number of ether oxygens (including phenoxy) is 2. The predicted octanol–water partition coefficient (Wildman–Crippen LogP) is 1.21. The van der Waals surface area contributed by atoms with Crippen molar-refractivity contribution in [2.24, 2.45) is 12.0 Å². The molecule has 0 aliphatic carbocycles. The molecule has 132 valence electrons. The topological polar surface area (TPSA) is 63.9 Å². The van der Waals surface area contributed by atoms with Gasteiger partial charge in [-0.1, -0.05) is 13.8 Å². The van der Waals surface area contributed by atoms with E-state index in [-0.39, 0.29) is 0 Å². The first kappa shape index (κ1) is 19.4. The number of methoxy groups -OCH3 is 1. The summed E-state index contributed by atoms with van der Waals surface area (Å²) < 4.78 is 12.3. The largest absolute Gasteiger partial charge is 0.382 e. The average molecular weight is 325 g/mol. The van der Waals surface area contributed by atoms with Gasteiger partial charge in [0.05, 0.1) is 25.5 Å². The van der Waals surface area contributed by atoms with E-state index in [4.69, 9.17) is 9.47 Å². The third kappa shape index (κ3) is 6.58. The van der Waals surface area contributed by atoms with Gasteiger partial charge in [-0.3, -0.25) is 9.67 Å². The van der Waals surface area contributed by atoms with E-state index in [0.29, 0.717) is 32.3 Å². The number of nitrogens with zero attached hydrogens (tertiary/aromatic N) is 4. The molecule has 0 saturated carbocycles. The number of rotatable bonds is 9. The molecule has 0 amide bonds. The third-order valence-electron chi connectivity index (χ3n) is 3.43. The summed E-state index contributed by atoms with van der Waals surface area (Å²) in [4.78, 5) is 6.42. The van der Waals surface area contributed by atoms with Crippen LogP contribution in [0.1, 0.15) is 31.0 Å². The Labute approximate surface area is 139 Å². The van der Waals surface area contributed by atoms with Gasteiger partial charge in [0, 0.05) is 53.1 Å². The highest BCUT2D eigenvalue weighted by atomic mass is 16.5. The highest BCUT2D eigenvalue weighted by Crippen LogP contribution is 2.18. The van der Waals surface area contributed by atoms with Crippen LogP contribution >= 0.6 is 0 Å². The van der Waals surface area contributed by atoms with Crippen molar-refractivity contribution in [3.05, 3.63) is 17.5 Å². The molecule has 0 unspecified atom stereocenters. The van der Waals surface area contributed by atoms with E-state index in [0.717, 1.165) is 18.2 Å². The van der Waals surface area contributed by atoms with Gasteiger partial charge in [-0.05, 0) is 5.92 Å². The molecule has 0 spiro atoms. The van der Waals surface area contributed by atoms with E-state index in [9.17, 15) is 0 Å². The first-order chi connectivity index (χ1) is 11.0. The van der Waals surface area contributed by atoms with Crippen LogP contribution in [0.3, 0.4) is 0 Å². The van der Waals surface area contributed by atoms with Gasteiger partial charge in [0.15, 0.2) is 5.96 Å². The molecule has 1 aromatic heterocycles. The summed E-state index contributed by atoms with van der Waals surface area (Å²) >= 11 is 0. The lowest BCUT2D eigenvalue weighted by Crippen LogP contribution is -2.40. The SMILES string of the molecule is CN=C(NCCOCCOC)N(C)Cc1cn(C)nc1C(C)C. The maximum Gasteiger partial charge on any atom is 0.193 e. The fraction of sp³-hybridized carbons (Fsp3) is 0.750. The minimum absolute atomic E-state index is 0.406. The molecule has 0 fully saturated rings. The van der Waals surface area contributed by atoms with Crippen molar-refractivity contribution in [1.82, 2.24) is 20.0 Å². The first-order valence-corrected chi connectivity index (χ1v) is 8.00. The smallest absolute Gasteiger partial charge is 0.193 e. The predicted molar refractivity (Wildman–Crippen MR) is 92.8 cm³/mol. The Morgan fingerprint density at radius 2 is 2.13 bits per heavy atom. The van der Waals surface area contributed by atoms with Crippen LogP contribution in [-0.4, -0.2) is 68.2 Å². The van der Waals surface area contributed by atoms with Gasteiger partial charge < -0.3 is 19.7 Å². The molecule has 1 rings (SSSR count). The maximum absolute atomic E-state index is 5.45. The minimum atomic E-state index is 0.406. The maximum atomic E-state index is 5.45. The molecule has 0 aromatic carbocycles. The van der Waals surface area contributed by atoms with Crippen molar-refractivity contribution in [2.45, 2.75) is 26.3 Å². The van der Waals surface area contributed by atoms with E-state index in [1.54, 1.807) is 14.2 Å². The number of aliphatic imine (C=N–C) groups is 1. The van der Waals surface area contributed by atoms with Gasteiger partial charge in [-0.2, -0.15) is 5.10 Å². The van der Waals surface area contributed by atoms with Crippen LogP contribution in [0.5, 0.6) is 0 Å². The molecule has 0 atom stereocenters. The van der Waals surface area contributed by atoms with Gasteiger partial charge in [0.25, 0.3) is 0 Å². The van der Waals surface area contributed by atoms with Gasteiger partial charge in [-0.15, -0.1) is 0 Å². The van der Waals surface area contributed by atoms with E-state index < -0.39 is 0 Å². The summed E-state index contributed by atoms with van der Waals surface area (Å²) in [5, 5.41) is 7.85. The lowest BCUT2D eigenvalue weighted by atomic mass is 10.1. The van der Waals surface area contributed by atoms with E-state index in [1.165, 1.54) is 5.56 Å². The molecule has 0 radical (unpaired) electrons. The van der Waals surface area contributed by atoms with Gasteiger partial charge >= 0.3 is 0 Å². The van der Waals surface area contributed by atoms with Gasteiger partial charge in [0.1, 0.15) is 0 Å². The molecule has 0 aliphatic rings. The number of guanidine groups is 1. The Hall–Kier alpha value is -1.60. The van der Waals surface area contributed by atoms with Crippen molar-refractivity contribution in [2.75, 3.05) is 47.6 Å². The normalized spacial score (nSPS) is 12.0. The number of hydrogen-bond acceptors (Lipinski definition) is 4. The van der Waals surface area contributed by atoms with Crippen LogP contribution in [0.25, 0.3) is 0 Å². The number of aryl methyl sites for hydroxylation is 1. The number of aromatic nitrogens is 2. The molecular weight excluding hydrogens is 294 g/mol. The van der Waals surface area contributed by atoms with Crippen LogP contribution in [-0.2, 0) is 23.1 Å². The summed E-state index contributed by atoms with van der Waals surface area (Å²) in [6.45, 7) is 7.66. The molecule has 1 aromatic rings. The highest BCUT2D eigenvalue weighted by Gasteiger charge is 2.14. The Bertz CT molecular complexity index is 485. The van der Waals surface area contributed by atoms with Crippen molar-refractivity contribution in [3.63, 3.8) is 0 Å². The number of nitrogens with one attached hydrogen (secondary N) is 1. The molecule has 0 bridgehead atoms. The average Bonchev–Trinajstić information content (AvgIpc) is 2.87. The fourth-order valence-electron chi connectivity index (χ4n) is 2.36. The Balaban J connectivity index is 2.49. The summed E-state index contributed by atoms with van der Waals surface area (Å²) in [7, 11) is 7.44.